The summed E-state index contributed by atoms with van der Waals surface area (Å²) in [5, 5.41) is 3.92. The summed E-state index contributed by atoms with van der Waals surface area (Å²) < 4.78 is 1.66. The molecule has 0 amide bonds. The first kappa shape index (κ1) is 10.9. The zero-order valence-electron chi connectivity index (χ0n) is 7.65. The molecule has 76 valence electrons. The molecule has 14 heavy (non-hydrogen) atoms. The smallest absolute Gasteiger partial charge is 0.197 e. The van der Waals surface area contributed by atoms with Crippen molar-refractivity contribution in [1.29, 1.82) is 0 Å². The third-order valence-corrected chi connectivity index (χ3v) is 1.92. The van der Waals surface area contributed by atoms with Gasteiger partial charge in [0.1, 0.15) is 6.33 Å². The van der Waals surface area contributed by atoms with Crippen molar-refractivity contribution >= 4 is 34.7 Å². The Hall–Kier alpha value is -1.21. The Morgan fingerprint density at radius 1 is 1.43 bits per heavy atom. The Balaban J connectivity index is 2.32. The lowest BCUT2D eigenvalue weighted by atomic mass is 10.7. The summed E-state index contributed by atoms with van der Waals surface area (Å²) in [7, 11) is 0. The van der Waals surface area contributed by atoms with Gasteiger partial charge in [-0.1, -0.05) is 0 Å². The first-order chi connectivity index (χ1) is 6.74. The van der Waals surface area contributed by atoms with E-state index >= 15 is 0 Å². The van der Waals surface area contributed by atoms with Crippen LogP contribution < -0.4 is 16.2 Å². The lowest BCUT2D eigenvalue weighted by Crippen LogP contribution is -2.47. The van der Waals surface area contributed by atoms with E-state index in [0.717, 1.165) is 6.54 Å². The van der Waals surface area contributed by atoms with Gasteiger partial charge in [-0.2, -0.15) is 0 Å². The second-order valence-electron chi connectivity index (χ2n) is 2.38. The van der Waals surface area contributed by atoms with Gasteiger partial charge >= 0.3 is 0 Å². The summed E-state index contributed by atoms with van der Waals surface area (Å²) in [5.74, 6) is 0. The maximum absolute atomic E-state index is 5.04. The molecule has 0 aliphatic heterocycles. The van der Waals surface area contributed by atoms with Crippen LogP contribution in [0.3, 0.4) is 0 Å². The number of nitrogens with zero attached hydrogens (tertiary/aromatic N) is 2. The molecule has 5 nitrogen and oxygen atoms in total. The second kappa shape index (κ2) is 5.51. The summed E-state index contributed by atoms with van der Waals surface area (Å²) in [6.45, 7) is 2.73. The van der Waals surface area contributed by atoms with Gasteiger partial charge in [0.25, 0.3) is 0 Å². The maximum atomic E-state index is 5.04. The lowest BCUT2D eigenvalue weighted by molar-refractivity contribution is 0.805. The third-order valence-electron chi connectivity index (χ3n) is 1.36. The van der Waals surface area contributed by atoms with Gasteiger partial charge in [0.15, 0.2) is 10.2 Å². The SMILES string of the molecule is CCNC(=S)NNC(=S)n1ccnc1. The summed E-state index contributed by atoms with van der Waals surface area (Å²) in [6, 6.07) is 0. The van der Waals surface area contributed by atoms with Crippen LogP contribution in [0.15, 0.2) is 18.7 Å². The topological polar surface area (TPSA) is 53.9 Å². The molecule has 3 N–H and O–H groups in total. The molecule has 0 saturated heterocycles. The summed E-state index contributed by atoms with van der Waals surface area (Å²) >= 11 is 9.97. The molecular formula is C7H11N5S2. The molecule has 0 spiro atoms. The Labute approximate surface area is 92.9 Å². The van der Waals surface area contributed by atoms with Gasteiger partial charge in [-0.15, -0.1) is 0 Å². The standard InChI is InChI=1S/C7H11N5S2/c1-2-9-6(13)10-11-7(14)12-4-3-8-5-12/h3-5H,2H2,1H3,(H,11,14)(H2,9,10,13). The summed E-state index contributed by atoms with van der Waals surface area (Å²) in [6.07, 6.45) is 5.00. The van der Waals surface area contributed by atoms with Crippen molar-refractivity contribution in [1.82, 2.24) is 25.7 Å². The Kier molecular flexibility index (Phi) is 4.27. The van der Waals surface area contributed by atoms with Gasteiger partial charge in [-0.25, -0.2) is 4.98 Å². The molecule has 0 aliphatic rings. The second-order valence-corrected chi connectivity index (χ2v) is 3.18. The van der Waals surface area contributed by atoms with Crippen LogP contribution in [-0.4, -0.2) is 26.3 Å². The normalized spacial score (nSPS) is 9.21. The van der Waals surface area contributed by atoms with Crippen molar-refractivity contribution in [2.45, 2.75) is 6.92 Å². The molecule has 0 unspecified atom stereocenters. The van der Waals surface area contributed by atoms with Crippen LogP contribution >= 0.6 is 24.4 Å². The quantitative estimate of drug-likeness (QED) is 0.466. The summed E-state index contributed by atoms with van der Waals surface area (Å²) in [5.41, 5.74) is 5.52. The van der Waals surface area contributed by atoms with E-state index in [0.29, 0.717) is 10.2 Å². The van der Waals surface area contributed by atoms with E-state index in [1.54, 1.807) is 23.3 Å². The van der Waals surface area contributed by atoms with Gasteiger partial charge in [-0.05, 0) is 31.4 Å². The molecule has 0 atom stereocenters. The fourth-order valence-electron chi connectivity index (χ4n) is 0.759. The predicted molar refractivity (Wildman–Crippen MR) is 62.8 cm³/mol. The molecule has 1 heterocycles. The van der Waals surface area contributed by atoms with E-state index in [1.165, 1.54) is 0 Å². The lowest BCUT2D eigenvalue weighted by Gasteiger charge is -2.11. The zero-order chi connectivity index (χ0) is 10.4. The highest BCUT2D eigenvalue weighted by molar-refractivity contribution is 7.80. The molecule has 0 fully saturated rings. The molecule has 0 bridgehead atoms. The number of aromatic nitrogens is 2. The largest absolute Gasteiger partial charge is 0.362 e. The number of thiocarbonyl (C=S) groups is 2. The van der Waals surface area contributed by atoms with Crippen molar-refractivity contribution in [3.05, 3.63) is 18.7 Å². The third kappa shape index (κ3) is 3.27. The highest BCUT2D eigenvalue weighted by Crippen LogP contribution is 1.83. The van der Waals surface area contributed by atoms with Crippen LogP contribution in [0.1, 0.15) is 6.92 Å². The predicted octanol–water partition coefficient (Wildman–Crippen LogP) is 0.00470. The van der Waals surface area contributed by atoms with Crippen molar-refractivity contribution in [3.8, 4) is 0 Å². The van der Waals surface area contributed by atoms with Crippen molar-refractivity contribution in [3.63, 3.8) is 0 Å². The van der Waals surface area contributed by atoms with Crippen LogP contribution in [0.4, 0.5) is 0 Å². The Bertz CT molecular complexity index is 308. The highest BCUT2D eigenvalue weighted by atomic mass is 32.1. The highest BCUT2D eigenvalue weighted by Gasteiger charge is 1.97. The number of hydrogen-bond acceptors (Lipinski definition) is 3. The molecular weight excluding hydrogens is 218 g/mol. The van der Waals surface area contributed by atoms with E-state index < -0.39 is 0 Å². The van der Waals surface area contributed by atoms with Crippen molar-refractivity contribution in [2.24, 2.45) is 0 Å². The summed E-state index contributed by atoms with van der Waals surface area (Å²) in [4.78, 5) is 3.87. The average molecular weight is 229 g/mol. The average Bonchev–Trinajstić information content (AvgIpc) is 2.67. The number of hydrazine groups is 1. The first-order valence-corrected chi connectivity index (χ1v) is 4.88. The van der Waals surface area contributed by atoms with E-state index in [-0.39, 0.29) is 0 Å². The van der Waals surface area contributed by atoms with E-state index in [9.17, 15) is 0 Å². The zero-order valence-corrected chi connectivity index (χ0v) is 9.28. The van der Waals surface area contributed by atoms with E-state index in [2.05, 4.69) is 21.2 Å². The number of hydrogen-bond donors (Lipinski definition) is 3. The molecule has 0 aliphatic carbocycles. The van der Waals surface area contributed by atoms with Crippen molar-refractivity contribution < 1.29 is 0 Å². The maximum Gasteiger partial charge on any atom is 0.197 e. The van der Waals surface area contributed by atoms with Crippen molar-refractivity contribution in [2.75, 3.05) is 6.54 Å². The molecule has 0 radical (unpaired) electrons. The minimum absolute atomic E-state index is 0.489. The number of imidazole rings is 1. The fraction of sp³-hybridized carbons (Fsp3) is 0.286. The Morgan fingerprint density at radius 2 is 2.21 bits per heavy atom. The van der Waals surface area contributed by atoms with E-state index in [1.807, 2.05) is 6.92 Å². The number of nitrogens with one attached hydrogen (secondary N) is 3. The molecule has 7 heteroatoms. The van der Waals surface area contributed by atoms with Crippen LogP contribution in [0.2, 0.25) is 0 Å². The monoisotopic (exact) mass is 229 g/mol. The number of rotatable bonds is 1. The van der Waals surface area contributed by atoms with Gasteiger partial charge in [0.2, 0.25) is 0 Å². The van der Waals surface area contributed by atoms with Crippen LogP contribution in [0.25, 0.3) is 0 Å². The molecule has 1 rings (SSSR count). The fourth-order valence-corrected chi connectivity index (χ4v) is 1.11. The molecule has 1 aromatic rings. The minimum Gasteiger partial charge on any atom is -0.362 e. The Morgan fingerprint density at radius 3 is 2.79 bits per heavy atom. The minimum atomic E-state index is 0.489. The molecule has 1 aromatic heterocycles. The van der Waals surface area contributed by atoms with E-state index in [4.69, 9.17) is 24.4 Å². The van der Waals surface area contributed by atoms with Gasteiger partial charge in [0.05, 0.1) is 0 Å². The molecule has 0 aromatic carbocycles. The van der Waals surface area contributed by atoms with Gasteiger partial charge in [-0.3, -0.25) is 15.4 Å². The first-order valence-electron chi connectivity index (χ1n) is 4.06. The van der Waals surface area contributed by atoms with Crippen LogP contribution in [0, 0.1) is 0 Å². The van der Waals surface area contributed by atoms with Crippen LogP contribution in [-0.2, 0) is 0 Å². The van der Waals surface area contributed by atoms with Crippen LogP contribution in [0.5, 0.6) is 0 Å². The molecule has 0 saturated carbocycles. The van der Waals surface area contributed by atoms with Gasteiger partial charge in [0, 0.05) is 18.9 Å². The van der Waals surface area contributed by atoms with Gasteiger partial charge < -0.3 is 5.32 Å².